The molecule has 0 spiro atoms. The van der Waals surface area contributed by atoms with Crippen molar-refractivity contribution in [3.8, 4) is 11.1 Å². The zero-order valence-electron chi connectivity index (χ0n) is 13.3. The maximum atomic E-state index is 11.7. The van der Waals surface area contributed by atoms with Gasteiger partial charge >= 0.3 is 0 Å². The molecular weight excluding hydrogens is 288 g/mol. The number of hydrogen-bond donors (Lipinski definition) is 2. The van der Waals surface area contributed by atoms with Gasteiger partial charge in [-0.3, -0.25) is 4.79 Å². The maximum absolute atomic E-state index is 11.7. The predicted octanol–water partition coefficient (Wildman–Crippen LogP) is 4.33. The fraction of sp³-hybridized carbons (Fsp3) is 0.211. The number of rotatable bonds is 5. The Bertz CT molecular complexity index is 836. The number of benzene rings is 2. The van der Waals surface area contributed by atoms with Crippen LogP contribution in [-0.2, 0) is 16.1 Å². The summed E-state index contributed by atoms with van der Waals surface area (Å²) in [6.07, 6.45) is 2.30. The lowest BCUT2D eigenvalue weighted by Crippen LogP contribution is -2.08. The van der Waals surface area contributed by atoms with Crippen molar-refractivity contribution >= 4 is 22.5 Å². The lowest BCUT2D eigenvalue weighted by atomic mass is 10.0. The molecular formula is C19H20N2O2. The molecule has 2 N–H and O–H groups in total. The predicted molar refractivity (Wildman–Crippen MR) is 93.4 cm³/mol. The Morgan fingerprint density at radius 3 is 2.78 bits per heavy atom. The minimum absolute atomic E-state index is 0.0124. The van der Waals surface area contributed by atoms with E-state index in [9.17, 15) is 4.79 Å². The highest BCUT2D eigenvalue weighted by Gasteiger charge is 2.08. The number of fused-ring (bicyclic) bond motifs is 1. The average molecular weight is 308 g/mol. The van der Waals surface area contributed by atoms with Gasteiger partial charge < -0.3 is 15.0 Å². The van der Waals surface area contributed by atoms with E-state index in [1.807, 2.05) is 25.3 Å². The van der Waals surface area contributed by atoms with E-state index < -0.39 is 0 Å². The van der Waals surface area contributed by atoms with Crippen molar-refractivity contribution in [2.75, 3.05) is 12.4 Å². The van der Waals surface area contributed by atoms with Crippen LogP contribution in [0, 0.1) is 0 Å². The van der Waals surface area contributed by atoms with Crippen molar-refractivity contribution in [2.24, 2.45) is 0 Å². The first kappa shape index (κ1) is 15.3. The molecule has 1 heterocycles. The number of aromatic nitrogens is 1. The summed E-state index contributed by atoms with van der Waals surface area (Å²) in [5.41, 5.74) is 5.21. The first-order valence-corrected chi connectivity index (χ1v) is 7.70. The molecule has 0 saturated heterocycles. The van der Waals surface area contributed by atoms with Gasteiger partial charge in [0.05, 0.1) is 12.3 Å². The Kier molecular flexibility index (Phi) is 4.44. The lowest BCUT2D eigenvalue weighted by molar-refractivity contribution is -0.115. The van der Waals surface area contributed by atoms with Crippen molar-refractivity contribution in [3.05, 3.63) is 54.2 Å². The molecule has 0 aliphatic rings. The second-order valence-corrected chi connectivity index (χ2v) is 5.50. The van der Waals surface area contributed by atoms with Gasteiger partial charge in [0.1, 0.15) is 0 Å². The minimum Gasteiger partial charge on any atom is -0.380 e. The van der Waals surface area contributed by atoms with Crippen molar-refractivity contribution in [2.45, 2.75) is 20.0 Å². The maximum Gasteiger partial charge on any atom is 0.224 e. The van der Waals surface area contributed by atoms with E-state index in [0.29, 0.717) is 13.0 Å². The SMILES string of the molecule is CCC(=O)Nc1c[nH]c2ccc(-c3cccc(COC)c3)cc12. The van der Waals surface area contributed by atoms with Crippen LogP contribution in [0.3, 0.4) is 0 Å². The van der Waals surface area contributed by atoms with Crippen molar-refractivity contribution in [3.63, 3.8) is 0 Å². The van der Waals surface area contributed by atoms with Crippen molar-refractivity contribution < 1.29 is 9.53 Å². The van der Waals surface area contributed by atoms with Crippen LogP contribution < -0.4 is 5.32 Å². The Hall–Kier alpha value is -2.59. The van der Waals surface area contributed by atoms with E-state index in [0.717, 1.165) is 33.3 Å². The van der Waals surface area contributed by atoms with Gasteiger partial charge in [0.25, 0.3) is 0 Å². The van der Waals surface area contributed by atoms with Crippen molar-refractivity contribution in [1.29, 1.82) is 0 Å². The second kappa shape index (κ2) is 6.67. The van der Waals surface area contributed by atoms with Crippen LogP contribution in [0.5, 0.6) is 0 Å². The van der Waals surface area contributed by atoms with Gasteiger partial charge in [-0.2, -0.15) is 0 Å². The molecule has 3 aromatic rings. The molecule has 23 heavy (non-hydrogen) atoms. The summed E-state index contributed by atoms with van der Waals surface area (Å²) < 4.78 is 5.20. The Balaban J connectivity index is 2.00. The number of H-pyrrole nitrogens is 1. The van der Waals surface area contributed by atoms with Crippen LogP contribution in [0.4, 0.5) is 5.69 Å². The van der Waals surface area contributed by atoms with Crippen LogP contribution in [0.25, 0.3) is 22.0 Å². The Morgan fingerprint density at radius 1 is 1.17 bits per heavy atom. The minimum atomic E-state index is 0.0124. The van der Waals surface area contributed by atoms with Gasteiger partial charge in [-0.05, 0) is 34.9 Å². The van der Waals surface area contributed by atoms with E-state index in [1.165, 1.54) is 0 Å². The van der Waals surface area contributed by atoms with Gasteiger partial charge in [-0.15, -0.1) is 0 Å². The standard InChI is InChI=1S/C19H20N2O2/c1-3-19(22)21-18-11-20-17-8-7-15(10-16(17)18)14-6-4-5-13(9-14)12-23-2/h4-11,20H,3,12H2,1-2H3,(H,21,22). The van der Waals surface area contributed by atoms with Gasteiger partial charge in [0.15, 0.2) is 0 Å². The number of ether oxygens (including phenoxy) is 1. The third-order valence-electron chi connectivity index (χ3n) is 3.85. The van der Waals surface area contributed by atoms with E-state index in [-0.39, 0.29) is 5.91 Å². The topological polar surface area (TPSA) is 54.1 Å². The first-order valence-electron chi connectivity index (χ1n) is 7.70. The molecule has 118 valence electrons. The van der Waals surface area contributed by atoms with Gasteiger partial charge in [0, 0.05) is 30.6 Å². The molecule has 1 aromatic heterocycles. The van der Waals surface area contributed by atoms with Gasteiger partial charge in [-0.1, -0.05) is 31.2 Å². The third-order valence-corrected chi connectivity index (χ3v) is 3.85. The number of nitrogens with one attached hydrogen (secondary N) is 2. The molecule has 0 atom stereocenters. The lowest BCUT2D eigenvalue weighted by Gasteiger charge is -2.07. The van der Waals surface area contributed by atoms with E-state index in [1.54, 1.807) is 7.11 Å². The molecule has 0 unspecified atom stereocenters. The molecule has 0 saturated carbocycles. The number of carbonyl (C=O) groups excluding carboxylic acids is 1. The highest BCUT2D eigenvalue weighted by molar-refractivity contribution is 6.02. The number of carbonyl (C=O) groups is 1. The van der Waals surface area contributed by atoms with Crippen LogP contribution in [0.1, 0.15) is 18.9 Å². The fourth-order valence-corrected chi connectivity index (χ4v) is 2.65. The fourth-order valence-electron chi connectivity index (χ4n) is 2.65. The summed E-state index contributed by atoms with van der Waals surface area (Å²) in [7, 11) is 1.70. The van der Waals surface area contributed by atoms with Crippen molar-refractivity contribution in [1.82, 2.24) is 4.98 Å². The van der Waals surface area contributed by atoms with Gasteiger partial charge in [0.2, 0.25) is 5.91 Å². The van der Waals surface area contributed by atoms with Crippen LogP contribution in [0.2, 0.25) is 0 Å². The number of methoxy groups -OCH3 is 1. The monoisotopic (exact) mass is 308 g/mol. The molecule has 1 amide bonds. The zero-order valence-corrected chi connectivity index (χ0v) is 13.3. The molecule has 0 radical (unpaired) electrons. The molecule has 4 nitrogen and oxygen atoms in total. The summed E-state index contributed by atoms with van der Waals surface area (Å²) >= 11 is 0. The highest BCUT2D eigenvalue weighted by atomic mass is 16.5. The van der Waals surface area contributed by atoms with Crippen LogP contribution in [-0.4, -0.2) is 18.0 Å². The smallest absolute Gasteiger partial charge is 0.224 e. The Morgan fingerprint density at radius 2 is 2.00 bits per heavy atom. The van der Waals surface area contributed by atoms with Crippen LogP contribution in [0.15, 0.2) is 48.7 Å². The molecule has 0 fully saturated rings. The quantitative estimate of drug-likeness (QED) is 0.737. The summed E-state index contributed by atoms with van der Waals surface area (Å²) in [6, 6.07) is 14.5. The zero-order chi connectivity index (χ0) is 16.2. The highest BCUT2D eigenvalue weighted by Crippen LogP contribution is 2.29. The largest absolute Gasteiger partial charge is 0.380 e. The number of anilines is 1. The Labute approximate surface area is 135 Å². The second-order valence-electron chi connectivity index (χ2n) is 5.50. The van der Waals surface area contributed by atoms with E-state index in [2.05, 4.69) is 40.6 Å². The molecule has 0 aliphatic carbocycles. The molecule has 0 bridgehead atoms. The summed E-state index contributed by atoms with van der Waals surface area (Å²) in [4.78, 5) is 14.8. The molecule has 0 aliphatic heterocycles. The first-order chi connectivity index (χ1) is 11.2. The molecule has 4 heteroatoms. The number of hydrogen-bond acceptors (Lipinski definition) is 2. The molecule has 2 aromatic carbocycles. The number of amides is 1. The molecule has 3 rings (SSSR count). The van der Waals surface area contributed by atoms with E-state index >= 15 is 0 Å². The summed E-state index contributed by atoms with van der Waals surface area (Å²) in [5, 5.41) is 3.95. The van der Waals surface area contributed by atoms with E-state index in [4.69, 9.17) is 4.74 Å². The third kappa shape index (κ3) is 3.27. The van der Waals surface area contributed by atoms with Gasteiger partial charge in [-0.25, -0.2) is 0 Å². The number of aromatic amines is 1. The van der Waals surface area contributed by atoms with Crippen LogP contribution >= 0.6 is 0 Å². The summed E-state index contributed by atoms with van der Waals surface area (Å²) in [5.74, 6) is 0.0124. The normalized spacial score (nSPS) is 10.9. The summed E-state index contributed by atoms with van der Waals surface area (Å²) in [6.45, 7) is 2.44. The average Bonchev–Trinajstić information content (AvgIpc) is 2.97.